The highest BCUT2D eigenvalue weighted by atomic mass is 19.3. The summed E-state index contributed by atoms with van der Waals surface area (Å²) in [5, 5.41) is 30.0. The SMILES string of the molecule is CCC(C(C)O)n1ncn(-c2ccc(N3CCN(c4ccc(-c5ccc(C(F)(F)C(O)(Cn6cnc(C)n6)c6cccc(F)c6)nc5)cc4)CC3)cc2)c1=O. The van der Waals surface area contributed by atoms with Gasteiger partial charge in [0.05, 0.1) is 24.4 Å². The van der Waals surface area contributed by atoms with Crippen molar-refractivity contribution in [3.05, 3.63) is 137 Å². The van der Waals surface area contributed by atoms with Gasteiger partial charge in [-0.05, 0) is 86.0 Å². The van der Waals surface area contributed by atoms with Crippen molar-refractivity contribution in [3.8, 4) is 16.8 Å². The summed E-state index contributed by atoms with van der Waals surface area (Å²) >= 11 is 0. The molecule has 2 N–H and O–H groups in total. The van der Waals surface area contributed by atoms with E-state index in [2.05, 4.69) is 30.0 Å². The van der Waals surface area contributed by atoms with Crippen molar-refractivity contribution in [1.82, 2.24) is 34.1 Å². The molecule has 4 heterocycles. The molecule has 0 radical (unpaired) electrons. The minimum absolute atomic E-state index is 0.296. The summed E-state index contributed by atoms with van der Waals surface area (Å²) in [7, 11) is 0. The van der Waals surface area contributed by atoms with Crippen molar-refractivity contribution in [2.75, 3.05) is 36.0 Å². The van der Waals surface area contributed by atoms with Crippen molar-refractivity contribution in [2.45, 2.75) is 57.4 Å². The van der Waals surface area contributed by atoms with Crippen LogP contribution in [0.1, 0.15) is 43.4 Å². The summed E-state index contributed by atoms with van der Waals surface area (Å²) < 4.78 is 50.7. The molecular weight excluding hydrogens is 711 g/mol. The first-order valence-corrected chi connectivity index (χ1v) is 18.1. The summed E-state index contributed by atoms with van der Waals surface area (Å²) in [6, 6.07) is 22.4. The Labute approximate surface area is 315 Å². The van der Waals surface area contributed by atoms with Gasteiger partial charge in [0.1, 0.15) is 30.0 Å². The van der Waals surface area contributed by atoms with E-state index in [1.54, 1.807) is 13.8 Å². The molecule has 3 aromatic heterocycles. The van der Waals surface area contributed by atoms with Gasteiger partial charge < -0.3 is 20.0 Å². The normalized spacial score (nSPS) is 15.9. The molecule has 0 bridgehead atoms. The number of hydrogen-bond donors (Lipinski definition) is 2. The van der Waals surface area contributed by atoms with Crippen LogP contribution in [0, 0.1) is 12.7 Å². The molecule has 0 saturated carbocycles. The van der Waals surface area contributed by atoms with Crippen molar-refractivity contribution < 1.29 is 23.4 Å². The average Bonchev–Trinajstić information content (AvgIpc) is 3.79. The maximum Gasteiger partial charge on any atom is 0.350 e. The zero-order valence-electron chi connectivity index (χ0n) is 30.7. The number of piperazine rings is 1. The number of alkyl halides is 2. The number of hydrogen-bond acceptors (Lipinski definition) is 9. The maximum atomic E-state index is 16.3. The third kappa shape index (κ3) is 7.36. The smallest absolute Gasteiger partial charge is 0.350 e. The molecule has 1 fully saturated rings. The van der Waals surface area contributed by atoms with Crippen LogP contribution in [0.3, 0.4) is 0 Å². The van der Waals surface area contributed by atoms with E-state index in [9.17, 15) is 19.4 Å². The summed E-state index contributed by atoms with van der Waals surface area (Å²) in [5.41, 5.74) is -0.0142. The molecule has 6 aromatic rings. The standard InChI is InChI=1S/C40H42F3N9O3/c1-4-36(27(2)53)52-38(54)51(26-46-52)35-15-13-34(14-16-35)49-20-18-48(19-21-49)33-11-8-29(9-12-33)30-10-17-37(44-23-30)40(42,43)39(55,24-50-25-45-28(3)47-50)31-6-5-7-32(41)22-31/h5-17,22-23,25-27,36,53,55H,4,18-21,24H2,1-3H3. The maximum absolute atomic E-state index is 16.3. The van der Waals surface area contributed by atoms with E-state index in [0.717, 1.165) is 59.9 Å². The molecular formula is C40H42F3N9O3. The first kappa shape index (κ1) is 37.5. The van der Waals surface area contributed by atoms with Crippen LogP contribution in [0.5, 0.6) is 0 Å². The van der Waals surface area contributed by atoms with Gasteiger partial charge in [0.15, 0.2) is 5.60 Å². The van der Waals surface area contributed by atoms with Crippen LogP contribution in [0.25, 0.3) is 16.8 Å². The molecule has 3 aromatic carbocycles. The van der Waals surface area contributed by atoms with Crippen molar-refractivity contribution >= 4 is 11.4 Å². The Bertz CT molecular complexity index is 2280. The highest BCUT2D eigenvalue weighted by molar-refractivity contribution is 5.66. The van der Waals surface area contributed by atoms with E-state index < -0.39 is 41.7 Å². The number of aromatic nitrogens is 7. The number of aryl methyl sites for hydroxylation is 1. The Morgan fingerprint density at radius 3 is 2.00 bits per heavy atom. The number of anilines is 2. The second-order valence-corrected chi connectivity index (χ2v) is 13.8. The first-order valence-electron chi connectivity index (χ1n) is 18.1. The quantitative estimate of drug-likeness (QED) is 0.167. The number of aliphatic hydroxyl groups excluding tert-OH is 1. The van der Waals surface area contributed by atoms with E-state index >= 15 is 8.78 Å². The molecule has 1 aliphatic heterocycles. The molecule has 286 valence electrons. The van der Waals surface area contributed by atoms with E-state index in [0.29, 0.717) is 23.5 Å². The number of nitrogens with zero attached hydrogens (tertiary/aromatic N) is 9. The van der Waals surface area contributed by atoms with E-state index in [1.807, 2.05) is 55.5 Å². The summed E-state index contributed by atoms with van der Waals surface area (Å²) in [4.78, 5) is 25.6. The van der Waals surface area contributed by atoms with Crippen molar-refractivity contribution in [1.29, 1.82) is 0 Å². The van der Waals surface area contributed by atoms with Crippen molar-refractivity contribution in [2.24, 2.45) is 0 Å². The fourth-order valence-corrected chi connectivity index (χ4v) is 7.13. The lowest BCUT2D eigenvalue weighted by molar-refractivity contribution is -0.206. The van der Waals surface area contributed by atoms with E-state index in [1.165, 1.54) is 52.4 Å². The lowest BCUT2D eigenvalue weighted by Gasteiger charge is -2.37. The molecule has 15 heteroatoms. The van der Waals surface area contributed by atoms with Gasteiger partial charge in [0, 0.05) is 49.3 Å². The number of halogens is 3. The molecule has 0 aliphatic carbocycles. The van der Waals surface area contributed by atoms with Crippen LogP contribution >= 0.6 is 0 Å². The van der Waals surface area contributed by atoms with Crippen LogP contribution in [-0.2, 0) is 18.1 Å². The highest BCUT2D eigenvalue weighted by Crippen LogP contribution is 2.46. The van der Waals surface area contributed by atoms with Gasteiger partial charge in [-0.15, -0.1) is 0 Å². The minimum atomic E-state index is -3.94. The van der Waals surface area contributed by atoms with Crippen LogP contribution < -0.4 is 15.5 Å². The number of benzene rings is 3. The van der Waals surface area contributed by atoms with E-state index in [-0.39, 0.29) is 11.3 Å². The van der Waals surface area contributed by atoms with Crippen LogP contribution in [-0.4, -0.2) is 76.6 Å². The number of pyridine rings is 1. The molecule has 3 atom stereocenters. The van der Waals surface area contributed by atoms with Gasteiger partial charge in [-0.25, -0.2) is 28.1 Å². The van der Waals surface area contributed by atoms with Crippen molar-refractivity contribution in [3.63, 3.8) is 0 Å². The second kappa shape index (κ2) is 15.1. The van der Waals surface area contributed by atoms with Crippen LogP contribution in [0.15, 0.2) is 109 Å². The third-order valence-corrected chi connectivity index (χ3v) is 10.3. The van der Waals surface area contributed by atoms with E-state index in [4.69, 9.17) is 0 Å². The molecule has 1 saturated heterocycles. The first-order chi connectivity index (χ1) is 26.4. The molecule has 55 heavy (non-hydrogen) atoms. The topological polar surface area (TPSA) is 130 Å². The van der Waals surface area contributed by atoms with Gasteiger partial charge in [0.2, 0.25) is 0 Å². The molecule has 7 rings (SSSR count). The third-order valence-electron chi connectivity index (χ3n) is 10.3. The predicted molar refractivity (Wildman–Crippen MR) is 202 cm³/mol. The van der Waals surface area contributed by atoms with Crippen LogP contribution in [0.2, 0.25) is 0 Å². The predicted octanol–water partition coefficient (Wildman–Crippen LogP) is 5.47. The fraction of sp³-hybridized carbons (Fsp3) is 0.325. The molecule has 1 aliphatic rings. The molecule has 3 unspecified atom stereocenters. The fourth-order valence-electron chi connectivity index (χ4n) is 7.13. The lowest BCUT2D eigenvalue weighted by atomic mass is 9.84. The minimum Gasteiger partial charge on any atom is -0.391 e. The Balaban J connectivity index is 1.00. The molecule has 0 amide bonds. The summed E-state index contributed by atoms with van der Waals surface area (Å²) in [6.45, 7) is 7.59. The highest BCUT2D eigenvalue weighted by Gasteiger charge is 2.57. The Morgan fingerprint density at radius 2 is 1.45 bits per heavy atom. The Morgan fingerprint density at radius 1 is 0.836 bits per heavy atom. The average molecular weight is 754 g/mol. The van der Waals surface area contributed by atoms with Gasteiger partial charge >= 0.3 is 11.6 Å². The van der Waals surface area contributed by atoms with Crippen LogP contribution in [0.4, 0.5) is 24.5 Å². The van der Waals surface area contributed by atoms with Gasteiger partial charge in [-0.2, -0.15) is 19.0 Å². The molecule has 12 nitrogen and oxygen atoms in total. The Hall–Kier alpha value is -5.80. The monoisotopic (exact) mass is 753 g/mol. The number of rotatable bonds is 12. The Kier molecular flexibility index (Phi) is 10.3. The zero-order chi connectivity index (χ0) is 38.9. The van der Waals surface area contributed by atoms with Gasteiger partial charge in [0.25, 0.3) is 0 Å². The van der Waals surface area contributed by atoms with Gasteiger partial charge in [-0.3, -0.25) is 4.98 Å². The summed E-state index contributed by atoms with van der Waals surface area (Å²) in [6.07, 6.45) is 3.95. The summed E-state index contributed by atoms with van der Waals surface area (Å²) in [5.74, 6) is -4.36. The van der Waals surface area contributed by atoms with Gasteiger partial charge in [-0.1, -0.05) is 37.3 Å². The lowest BCUT2D eigenvalue weighted by Crippen LogP contribution is -2.47. The zero-order valence-corrected chi connectivity index (χ0v) is 30.7. The number of aliphatic hydroxyl groups is 2. The molecule has 0 spiro atoms. The largest absolute Gasteiger partial charge is 0.391 e. The second-order valence-electron chi connectivity index (χ2n) is 13.8.